The highest BCUT2D eigenvalue weighted by atomic mass is 79.9. The molecule has 2 rings (SSSR count). The van der Waals surface area contributed by atoms with Gasteiger partial charge in [-0.25, -0.2) is 9.97 Å². The SMILES string of the molecule is Cc1cc(C)nc(N(CCBr)C2CC2)n1. The number of alkyl halides is 1. The highest BCUT2D eigenvalue weighted by Crippen LogP contribution is 2.29. The van der Waals surface area contributed by atoms with Gasteiger partial charge in [-0.1, -0.05) is 15.9 Å². The molecule has 0 amide bonds. The van der Waals surface area contributed by atoms with Gasteiger partial charge in [0.1, 0.15) is 0 Å². The summed E-state index contributed by atoms with van der Waals surface area (Å²) in [5.41, 5.74) is 2.11. The van der Waals surface area contributed by atoms with Gasteiger partial charge in [-0.2, -0.15) is 0 Å². The van der Waals surface area contributed by atoms with Gasteiger partial charge in [0.05, 0.1) is 0 Å². The molecule has 3 nitrogen and oxygen atoms in total. The van der Waals surface area contributed by atoms with E-state index in [0.717, 1.165) is 29.2 Å². The van der Waals surface area contributed by atoms with Crippen LogP contribution < -0.4 is 4.90 Å². The Hall–Kier alpha value is -0.640. The van der Waals surface area contributed by atoms with Crippen LogP contribution in [0.15, 0.2) is 6.07 Å². The lowest BCUT2D eigenvalue weighted by Crippen LogP contribution is -2.29. The highest BCUT2D eigenvalue weighted by Gasteiger charge is 2.30. The molecule has 0 aromatic carbocycles. The Balaban J connectivity index is 2.24. The van der Waals surface area contributed by atoms with Gasteiger partial charge in [-0.05, 0) is 32.8 Å². The van der Waals surface area contributed by atoms with Crippen LogP contribution in [0.25, 0.3) is 0 Å². The van der Waals surface area contributed by atoms with E-state index in [1.165, 1.54) is 12.8 Å². The summed E-state index contributed by atoms with van der Waals surface area (Å²) >= 11 is 3.48. The molecule has 4 heteroatoms. The molecule has 0 spiro atoms. The monoisotopic (exact) mass is 269 g/mol. The van der Waals surface area contributed by atoms with Crippen LogP contribution in [0.3, 0.4) is 0 Å². The predicted molar refractivity (Wildman–Crippen MR) is 65.7 cm³/mol. The summed E-state index contributed by atoms with van der Waals surface area (Å²) in [5, 5.41) is 0.972. The largest absolute Gasteiger partial charge is 0.337 e. The Bertz CT molecular complexity index is 329. The van der Waals surface area contributed by atoms with Crippen LogP contribution in [-0.4, -0.2) is 27.9 Å². The van der Waals surface area contributed by atoms with E-state index < -0.39 is 0 Å². The van der Waals surface area contributed by atoms with Gasteiger partial charge in [-0.15, -0.1) is 0 Å². The molecule has 0 saturated heterocycles. The summed E-state index contributed by atoms with van der Waals surface area (Å²) in [6.07, 6.45) is 2.56. The number of aromatic nitrogens is 2. The Labute approximate surface area is 99.0 Å². The van der Waals surface area contributed by atoms with Gasteiger partial charge in [0.15, 0.2) is 0 Å². The van der Waals surface area contributed by atoms with Gasteiger partial charge in [0, 0.05) is 29.3 Å². The second-order valence-electron chi connectivity index (χ2n) is 4.06. The topological polar surface area (TPSA) is 29.0 Å². The van der Waals surface area contributed by atoms with Crippen molar-refractivity contribution in [3.05, 3.63) is 17.5 Å². The van der Waals surface area contributed by atoms with Gasteiger partial charge in [0.25, 0.3) is 0 Å². The van der Waals surface area contributed by atoms with E-state index in [1.807, 2.05) is 19.9 Å². The summed E-state index contributed by atoms with van der Waals surface area (Å²) in [6, 6.07) is 2.69. The summed E-state index contributed by atoms with van der Waals surface area (Å²) in [5.74, 6) is 0.898. The summed E-state index contributed by atoms with van der Waals surface area (Å²) < 4.78 is 0. The zero-order chi connectivity index (χ0) is 10.8. The highest BCUT2D eigenvalue weighted by molar-refractivity contribution is 9.09. The van der Waals surface area contributed by atoms with Crippen molar-refractivity contribution < 1.29 is 0 Å². The molecular formula is C11H16BrN3. The Kier molecular flexibility index (Phi) is 3.24. The molecule has 1 aromatic heterocycles. The average Bonchev–Trinajstić information content (AvgIpc) is 2.95. The Morgan fingerprint density at radius 1 is 1.33 bits per heavy atom. The maximum atomic E-state index is 4.51. The van der Waals surface area contributed by atoms with Crippen LogP contribution in [-0.2, 0) is 0 Å². The van der Waals surface area contributed by atoms with Crippen molar-refractivity contribution in [1.82, 2.24) is 9.97 Å². The van der Waals surface area contributed by atoms with E-state index in [0.29, 0.717) is 6.04 Å². The molecule has 1 aliphatic rings. The van der Waals surface area contributed by atoms with E-state index in [9.17, 15) is 0 Å². The first-order valence-corrected chi connectivity index (χ1v) is 6.48. The van der Waals surface area contributed by atoms with Crippen molar-refractivity contribution >= 4 is 21.9 Å². The summed E-state index contributed by atoms with van der Waals surface area (Å²) in [6.45, 7) is 5.04. The van der Waals surface area contributed by atoms with Crippen molar-refractivity contribution in [2.24, 2.45) is 0 Å². The first kappa shape index (κ1) is 10.9. The summed E-state index contributed by atoms with van der Waals surface area (Å²) in [7, 11) is 0. The zero-order valence-corrected chi connectivity index (χ0v) is 10.8. The van der Waals surface area contributed by atoms with Crippen LogP contribution in [0.4, 0.5) is 5.95 Å². The number of nitrogens with zero attached hydrogens (tertiary/aromatic N) is 3. The molecule has 1 saturated carbocycles. The fourth-order valence-electron chi connectivity index (χ4n) is 1.76. The van der Waals surface area contributed by atoms with Gasteiger partial charge >= 0.3 is 0 Å². The predicted octanol–water partition coefficient (Wildman–Crippen LogP) is 2.46. The number of hydrogen-bond acceptors (Lipinski definition) is 3. The Morgan fingerprint density at radius 2 is 1.93 bits per heavy atom. The third kappa shape index (κ3) is 2.68. The van der Waals surface area contributed by atoms with Crippen molar-refractivity contribution in [3.63, 3.8) is 0 Å². The fraction of sp³-hybridized carbons (Fsp3) is 0.636. The van der Waals surface area contributed by atoms with E-state index in [4.69, 9.17) is 0 Å². The van der Waals surface area contributed by atoms with Gasteiger partial charge < -0.3 is 4.90 Å². The zero-order valence-electron chi connectivity index (χ0n) is 9.20. The second-order valence-corrected chi connectivity index (χ2v) is 4.86. The number of halogens is 1. The molecule has 0 aliphatic heterocycles. The van der Waals surface area contributed by atoms with Gasteiger partial charge in [-0.3, -0.25) is 0 Å². The van der Waals surface area contributed by atoms with E-state index in [2.05, 4.69) is 30.8 Å². The molecule has 1 aromatic rings. The third-order valence-corrected chi connectivity index (χ3v) is 2.90. The number of anilines is 1. The van der Waals surface area contributed by atoms with Crippen LogP contribution >= 0.6 is 15.9 Å². The molecule has 82 valence electrons. The van der Waals surface area contributed by atoms with E-state index in [-0.39, 0.29) is 0 Å². The second kappa shape index (κ2) is 4.47. The van der Waals surface area contributed by atoms with Crippen molar-refractivity contribution in [2.75, 3.05) is 16.8 Å². The fourth-order valence-corrected chi connectivity index (χ4v) is 2.14. The maximum absolute atomic E-state index is 4.51. The molecule has 0 unspecified atom stereocenters. The molecule has 1 aliphatic carbocycles. The van der Waals surface area contributed by atoms with Crippen LogP contribution in [0, 0.1) is 13.8 Å². The minimum Gasteiger partial charge on any atom is -0.337 e. The first-order chi connectivity index (χ1) is 7.20. The van der Waals surface area contributed by atoms with E-state index in [1.54, 1.807) is 0 Å². The van der Waals surface area contributed by atoms with E-state index >= 15 is 0 Å². The van der Waals surface area contributed by atoms with Gasteiger partial charge in [0.2, 0.25) is 5.95 Å². The smallest absolute Gasteiger partial charge is 0.226 e. The maximum Gasteiger partial charge on any atom is 0.226 e. The normalized spacial score (nSPS) is 15.4. The third-order valence-electron chi connectivity index (χ3n) is 2.54. The van der Waals surface area contributed by atoms with Crippen molar-refractivity contribution in [2.45, 2.75) is 32.7 Å². The molecule has 15 heavy (non-hydrogen) atoms. The summed E-state index contributed by atoms with van der Waals surface area (Å²) in [4.78, 5) is 11.3. The number of aryl methyl sites for hydroxylation is 2. The molecule has 0 radical (unpaired) electrons. The first-order valence-electron chi connectivity index (χ1n) is 5.35. The molecular weight excluding hydrogens is 254 g/mol. The average molecular weight is 270 g/mol. The number of hydrogen-bond donors (Lipinski definition) is 0. The molecule has 1 heterocycles. The van der Waals surface area contributed by atoms with Crippen LogP contribution in [0.1, 0.15) is 24.2 Å². The quantitative estimate of drug-likeness (QED) is 0.787. The van der Waals surface area contributed by atoms with Crippen LogP contribution in [0.2, 0.25) is 0 Å². The van der Waals surface area contributed by atoms with Crippen LogP contribution in [0.5, 0.6) is 0 Å². The lowest BCUT2D eigenvalue weighted by Gasteiger charge is -2.21. The molecule has 1 fully saturated rings. The molecule has 0 bridgehead atoms. The lowest BCUT2D eigenvalue weighted by molar-refractivity contribution is 0.784. The minimum atomic E-state index is 0.670. The van der Waals surface area contributed by atoms with Crippen molar-refractivity contribution in [1.29, 1.82) is 0 Å². The lowest BCUT2D eigenvalue weighted by atomic mass is 10.3. The minimum absolute atomic E-state index is 0.670. The molecule has 0 N–H and O–H groups in total. The Morgan fingerprint density at radius 3 is 2.40 bits per heavy atom. The van der Waals surface area contributed by atoms with Crippen molar-refractivity contribution in [3.8, 4) is 0 Å². The number of rotatable bonds is 4. The molecule has 0 atom stereocenters. The standard InChI is InChI=1S/C11H16BrN3/c1-8-7-9(2)14-11(13-8)15(6-5-12)10-3-4-10/h7,10H,3-6H2,1-2H3.